The van der Waals surface area contributed by atoms with Crippen LogP contribution in [0, 0.1) is 0 Å². The molecule has 2 aromatic rings. The third-order valence-electron chi connectivity index (χ3n) is 4.12. The molecule has 1 aromatic heterocycles. The first-order chi connectivity index (χ1) is 12.1. The molecule has 2 heterocycles. The van der Waals surface area contributed by atoms with Gasteiger partial charge in [0.25, 0.3) is 11.8 Å². The van der Waals surface area contributed by atoms with E-state index in [1.807, 2.05) is 17.7 Å². The Labute approximate surface area is 145 Å². The van der Waals surface area contributed by atoms with Crippen LogP contribution in [0.1, 0.15) is 40.5 Å². The second-order valence-corrected chi connectivity index (χ2v) is 6.14. The van der Waals surface area contributed by atoms with E-state index < -0.39 is 0 Å². The van der Waals surface area contributed by atoms with Crippen LogP contribution in [-0.2, 0) is 11.3 Å². The summed E-state index contributed by atoms with van der Waals surface area (Å²) in [5.74, 6) is -0.659. The van der Waals surface area contributed by atoms with Crippen LogP contribution < -0.4 is 5.32 Å². The van der Waals surface area contributed by atoms with E-state index >= 15 is 0 Å². The number of imidazole rings is 1. The molecule has 1 atom stereocenters. The van der Waals surface area contributed by atoms with Gasteiger partial charge >= 0.3 is 0 Å². The van der Waals surface area contributed by atoms with E-state index in [-0.39, 0.29) is 36.7 Å². The number of imide groups is 1. The number of rotatable bonds is 7. The number of nitrogens with one attached hydrogen (secondary N) is 1. The van der Waals surface area contributed by atoms with Crippen molar-refractivity contribution >= 4 is 17.7 Å². The Hall–Kier alpha value is -2.96. The lowest BCUT2D eigenvalue weighted by Gasteiger charge is -2.16. The van der Waals surface area contributed by atoms with Gasteiger partial charge in [-0.1, -0.05) is 12.1 Å². The molecule has 0 fully saturated rings. The second-order valence-electron chi connectivity index (χ2n) is 6.14. The number of hydrogen-bond acceptors (Lipinski definition) is 4. The van der Waals surface area contributed by atoms with Crippen molar-refractivity contribution in [3.8, 4) is 0 Å². The second kappa shape index (κ2) is 7.29. The van der Waals surface area contributed by atoms with Crippen molar-refractivity contribution < 1.29 is 14.4 Å². The number of carbonyl (C=O) groups excluding carboxylic acids is 3. The highest BCUT2D eigenvalue weighted by Crippen LogP contribution is 2.22. The van der Waals surface area contributed by atoms with Gasteiger partial charge in [0.1, 0.15) is 0 Å². The monoisotopic (exact) mass is 340 g/mol. The predicted molar refractivity (Wildman–Crippen MR) is 90.9 cm³/mol. The van der Waals surface area contributed by atoms with Crippen molar-refractivity contribution in [2.24, 2.45) is 0 Å². The molecule has 1 N–H and O–H groups in total. The molecular weight excluding hydrogens is 320 g/mol. The van der Waals surface area contributed by atoms with Crippen LogP contribution in [0.25, 0.3) is 0 Å². The lowest BCUT2D eigenvalue weighted by atomic mass is 10.1. The average Bonchev–Trinajstić information content (AvgIpc) is 3.17. The zero-order valence-electron chi connectivity index (χ0n) is 14.0. The first-order valence-electron chi connectivity index (χ1n) is 8.26. The Kier molecular flexibility index (Phi) is 4.92. The number of nitrogens with zero attached hydrogens (tertiary/aromatic N) is 3. The molecule has 3 rings (SSSR count). The maximum Gasteiger partial charge on any atom is 0.261 e. The zero-order valence-corrected chi connectivity index (χ0v) is 14.0. The first-order valence-corrected chi connectivity index (χ1v) is 8.26. The molecule has 7 nitrogen and oxygen atoms in total. The van der Waals surface area contributed by atoms with E-state index in [4.69, 9.17) is 0 Å². The van der Waals surface area contributed by atoms with Crippen LogP contribution in [-0.4, -0.2) is 44.8 Å². The minimum absolute atomic E-state index is 0.0268. The Morgan fingerprint density at radius 3 is 2.48 bits per heavy atom. The minimum Gasteiger partial charge on any atom is -0.352 e. The van der Waals surface area contributed by atoms with Crippen molar-refractivity contribution in [3.05, 3.63) is 54.1 Å². The van der Waals surface area contributed by atoms with Gasteiger partial charge in [0.05, 0.1) is 17.5 Å². The zero-order chi connectivity index (χ0) is 17.8. The summed E-state index contributed by atoms with van der Waals surface area (Å²) in [6.07, 6.45) is 5.93. The van der Waals surface area contributed by atoms with E-state index in [1.165, 1.54) is 4.90 Å². The molecule has 1 aliphatic rings. The maximum absolute atomic E-state index is 12.2. The molecule has 7 heteroatoms. The minimum atomic E-state index is -0.283. The van der Waals surface area contributed by atoms with Gasteiger partial charge in [-0.25, -0.2) is 4.98 Å². The van der Waals surface area contributed by atoms with Crippen molar-refractivity contribution in [2.45, 2.75) is 32.4 Å². The maximum atomic E-state index is 12.2. The molecule has 130 valence electrons. The summed E-state index contributed by atoms with van der Waals surface area (Å²) < 4.78 is 1.89. The molecular formula is C18H20N4O3. The molecule has 0 bridgehead atoms. The number of hydrogen-bond donors (Lipinski definition) is 1. The Bertz CT molecular complexity index is 750. The number of carbonyl (C=O) groups is 3. The molecule has 1 aromatic carbocycles. The van der Waals surface area contributed by atoms with E-state index in [0.717, 1.165) is 0 Å². The summed E-state index contributed by atoms with van der Waals surface area (Å²) in [7, 11) is 0. The number of amides is 3. The highest BCUT2D eigenvalue weighted by Gasteiger charge is 2.34. The fourth-order valence-corrected chi connectivity index (χ4v) is 2.94. The van der Waals surface area contributed by atoms with Crippen molar-refractivity contribution in [2.75, 3.05) is 6.54 Å². The van der Waals surface area contributed by atoms with Gasteiger partial charge in [-0.15, -0.1) is 0 Å². The predicted octanol–water partition coefficient (Wildman–Crippen LogP) is 1.46. The van der Waals surface area contributed by atoms with Crippen LogP contribution in [0.3, 0.4) is 0 Å². The molecule has 1 aliphatic heterocycles. The van der Waals surface area contributed by atoms with Crippen molar-refractivity contribution in [1.82, 2.24) is 19.8 Å². The fourth-order valence-electron chi connectivity index (χ4n) is 2.94. The number of fused-ring (bicyclic) bond motifs is 1. The van der Waals surface area contributed by atoms with E-state index in [0.29, 0.717) is 24.1 Å². The molecule has 0 radical (unpaired) electrons. The normalized spacial score (nSPS) is 14.5. The SMILES string of the molecule is C[C@H](Cn1ccnc1)NC(=O)CCCN1C(=O)c2ccccc2C1=O. The summed E-state index contributed by atoms with van der Waals surface area (Å²) in [6, 6.07) is 6.76. The molecule has 25 heavy (non-hydrogen) atoms. The van der Waals surface area contributed by atoms with Gasteiger partial charge < -0.3 is 9.88 Å². The fraction of sp³-hybridized carbons (Fsp3) is 0.333. The Balaban J connectivity index is 1.45. The van der Waals surface area contributed by atoms with Crippen molar-refractivity contribution in [1.29, 1.82) is 0 Å². The third-order valence-corrected chi connectivity index (χ3v) is 4.12. The molecule has 3 amide bonds. The van der Waals surface area contributed by atoms with E-state index in [9.17, 15) is 14.4 Å². The molecule has 0 spiro atoms. The topological polar surface area (TPSA) is 84.3 Å². The van der Waals surface area contributed by atoms with Crippen LogP contribution in [0.5, 0.6) is 0 Å². The molecule has 0 saturated heterocycles. The lowest BCUT2D eigenvalue weighted by Crippen LogP contribution is -2.36. The summed E-state index contributed by atoms with van der Waals surface area (Å²) in [6.45, 7) is 2.81. The summed E-state index contributed by atoms with van der Waals surface area (Å²) in [5.41, 5.74) is 0.872. The third kappa shape index (κ3) is 3.76. The van der Waals surface area contributed by atoms with Gasteiger partial charge in [-0.05, 0) is 25.5 Å². The molecule has 0 aliphatic carbocycles. The Morgan fingerprint density at radius 2 is 1.88 bits per heavy atom. The average molecular weight is 340 g/mol. The van der Waals surface area contributed by atoms with Crippen LogP contribution in [0.15, 0.2) is 43.0 Å². The van der Waals surface area contributed by atoms with Gasteiger partial charge in [-0.2, -0.15) is 0 Å². The van der Waals surface area contributed by atoms with Crippen LogP contribution in [0.2, 0.25) is 0 Å². The number of aromatic nitrogens is 2. The summed E-state index contributed by atoms with van der Waals surface area (Å²) >= 11 is 0. The smallest absolute Gasteiger partial charge is 0.261 e. The van der Waals surface area contributed by atoms with Gasteiger partial charge in [-0.3, -0.25) is 19.3 Å². The van der Waals surface area contributed by atoms with E-state index in [2.05, 4.69) is 10.3 Å². The number of benzene rings is 1. The first kappa shape index (κ1) is 16.9. The van der Waals surface area contributed by atoms with Gasteiger partial charge in [0.2, 0.25) is 5.91 Å². The standard InChI is InChI=1S/C18H20N4O3/c1-13(11-21-10-8-19-12-21)20-16(23)7-4-9-22-17(24)14-5-2-3-6-15(14)18(22)25/h2-3,5-6,8,10,12-13H,4,7,9,11H2,1H3,(H,20,23)/t13-/m1/s1. The van der Waals surface area contributed by atoms with E-state index in [1.54, 1.807) is 36.8 Å². The molecule has 0 saturated carbocycles. The quantitative estimate of drug-likeness (QED) is 0.774. The highest BCUT2D eigenvalue weighted by molar-refractivity contribution is 6.21. The van der Waals surface area contributed by atoms with Gasteiger partial charge in [0.15, 0.2) is 0 Å². The highest BCUT2D eigenvalue weighted by atomic mass is 16.2. The summed E-state index contributed by atoms with van der Waals surface area (Å²) in [4.78, 5) is 41.7. The van der Waals surface area contributed by atoms with Crippen molar-refractivity contribution in [3.63, 3.8) is 0 Å². The lowest BCUT2D eigenvalue weighted by molar-refractivity contribution is -0.121. The van der Waals surface area contributed by atoms with Gasteiger partial charge in [0, 0.05) is 37.9 Å². The largest absolute Gasteiger partial charge is 0.352 e. The van der Waals surface area contributed by atoms with Crippen LogP contribution in [0.4, 0.5) is 0 Å². The summed E-state index contributed by atoms with van der Waals surface area (Å²) in [5, 5.41) is 2.91. The molecule has 0 unspecified atom stereocenters. The Morgan fingerprint density at radius 1 is 1.20 bits per heavy atom. The van der Waals surface area contributed by atoms with Crippen LogP contribution >= 0.6 is 0 Å².